The van der Waals surface area contributed by atoms with E-state index >= 15 is 0 Å². The molecule has 3 rings (SSSR count). The molecule has 1 aromatic heterocycles. The van der Waals surface area contributed by atoms with Crippen LogP contribution in [0.5, 0.6) is 11.5 Å². The molecule has 0 saturated carbocycles. The number of hydrogen-bond donors (Lipinski definition) is 0. The van der Waals surface area contributed by atoms with E-state index in [1.807, 2.05) is 30.3 Å². The zero-order chi connectivity index (χ0) is 16.1. The Morgan fingerprint density at radius 2 is 1.96 bits per heavy atom. The molecule has 0 atom stereocenters. The van der Waals surface area contributed by atoms with Crippen molar-refractivity contribution < 1.29 is 18.7 Å². The maximum Gasteiger partial charge on any atom is 0.311 e. The Morgan fingerprint density at radius 3 is 2.78 bits per heavy atom. The van der Waals surface area contributed by atoms with Gasteiger partial charge in [0.1, 0.15) is 17.0 Å². The van der Waals surface area contributed by atoms with Crippen LogP contribution in [0.1, 0.15) is 18.7 Å². The first-order valence-electron chi connectivity index (χ1n) is 7.46. The summed E-state index contributed by atoms with van der Waals surface area (Å²) in [6, 6.07) is 14.7. The van der Waals surface area contributed by atoms with E-state index in [1.54, 1.807) is 25.1 Å². The van der Waals surface area contributed by atoms with Crippen molar-refractivity contribution in [2.24, 2.45) is 0 Å². The lowest BCUT2D eigenvalue weighted by Gasteiger charge is -2.06. The minimum Gasteiger partial charge on any atom is -0.494 e. The molecule has 3 aromatic rings. The van der Waals surface area contributed by atoms with E-state index in [4.69, 9.17) is 13.9 Å². The number of benzene rings is 2. The molecule has 0 saturated heterocycles. The molecular formula is C18H17NO4. The van der Waals surface area contributed by atoms with Crippen molar-refractivity contribution in [3.05, 3.63) is 54.4 Å². The van der Waals surface area contributed by atoms with Crippen molar-refractivity contribution in [3.63, 3.8) is 0 Å². The summed E-state index contributed by atoms with van der Waals surface area (Å²) in [7, 11) is 0. The van der Waals surface area contributed by atoms with Gasteiger partial charge in [-0.3, -0.25) is 4.79 Å². The molecule has 0 aliphatic rings. The molecule has 0 amide bonds. The summed E-state index contributed by atoms with van der Waals surface area (Å²) >= 11 is 0. The number of oxazole rings is 1. The maximum atomic E-state index is 11.8. The van der Waals surface area contributed by atoms with E-state index < -0.39 is 0 Å². The number of hydrogen-bond acceptors (Lipinski definition) is 5. The first-order chi connectivity index (χ1) is 11.2. The van der Waals surface area contributed by atoms with E-state index in [0.717, 1.165) is 5.75 Å². The third kappa shape index (κ3) is 4.10. The van der Waals surface area contributed by atoms with Crippen molar-refractivity contribution in [3.8, 4) is 11.5 Å². The van der Waals surface area contributed by atoms with Crippen LogP contribution in [0.15, 0.2) is 52.9 Å². The lowest BCUT2D eigenvalue weighted by atomic mass is 10.3. The average Bonchev–Trinajstić information content (AvgIpc) is 2.92. The fourth-order valence-electron chi connectivity index (χ4n) is 2.19. The number of carbonyl (C=O) groups excluding carboxylic acids is 1. The number of aromatic nitrogens is 1. The SMILES string of the molecule is Cc1nc2cc(OC(=O)CCCOc3ccccc3)ccc2o1. The van der Waals surface area contributed by atoms with Gasteiger partial charge in [0.15, 0.2) is 11.5 Å². The van der Waals surface area contributed by atoms with E-state index in [9.17, 15) is 4.79 Å². The molecule has 0 aliphatic heterocycles. The summed E-state index contributed by atoms with van der Waals surface area (Å²) in [6.45, 7) is 2.25. The number of rotatable bonds is 6. The van der Waals surface area contributed by atoms with Crippen molar-refractivity contribution in [2.45, 2.75) is 19.8 Å². The summed E-state index contributed by atoms with van der Waals surface area (Å²) < 4.78 is 16.2. The highest BCUT2D eigenvalue weighted by atomic mass is 16.5. The Kier molecular flexibility index (Phi) is 4.57. The number of esters is 1. The van der Waals surface area contributed by atoms with Crippen molar-refractivity contribution in [1.82, 2.24) is 4.98 Å². The Morgan fingerprint density at radius 1 is 1.13 bits per heavy atom. The first-order valence-corrected chi connectivity index (χ1v) is 7.46. The van der Waals surface area contributed by atoms with Gasteiger partial charge in [-0.2, -0.15) is 0 Å². The molecule has 5 nitrogen and oxygen atoms in total. The van der Waals surface area contributed by atoms with Gasteiger partial charge in [0.25, 0.3) is 0 Å². The van der Waals surface area contributed by atoms with Crippen LogP contribution >= 0.6 is 0 Å². The number of carbonyl (C=O) groups is 1. The van der Waals surface area contributed by atoms with E-state index in [-0.39, 0.29) is 5.97 Å². The van der Waals surface area contributed by atoms with Gasteiger partial charge in [-0.1, -0.05) is 18.2 Å². The van der Waals surface area contributed by atoms with Crippen molar-refractivity contribution >= 4 is 17.1 Å². The van der Waals surface area contributed by atoms with Crippen LogP contribution in [0.4, 0.5) is 0 Å². The van der Waals surface area contributed by atoms with E-state index in [0.29, 0.717) is 42.2 Å². The molecule has 0 radical (unpaired) electrons. The molecule has 0 fully saturated rings. The van der Waals surface area contributed by atoms with E-state index in [1.165, 1.54) is 0 Å². The van der Waals surface area contributed by atoms with Crippen LogP contribution in [0, 0.1) is 6.92 Å². The largest absolute Gasteiger partial charge is 0.494 e. The van der Waals surface area contributed by atoms with Gasteiger partial charge >= 0.3 is 5.97 Å². The van der Waals surface area contributed by atoms with Crippen LogP contribution in [0.25, 0.3) is 11.1 Å². The van der Waals surface area contributed by atoms with Crippen LogP contribution < -0.4 is 9.47 Å². The number of para-hydroxylation sites is 1. The highest BCUT2D eigenvalue weighted by molar-refractivity contribution is 5.77. The lowest BCUT2D eigenvalue weighted by Crippen LogP contribution is -2.09. The van der Waals surface area contributed by atoms with Gasteiger partial charge in [-0.25, -0.2) is 4.98 Å². The molecule has 23 heavy (non-hydrogen) atoms. The second-order valence-electron chi connectivity index (χ2n) is 5.10. The fourth-order valence-corrected chi connectivity index (χ4v) is 2.19. The Balaban J connectivity index is 1.46. The molecule has 0 spiro atoms. The summed E-state index contributed by atoms with van der Waals surface area (Å²) in [4.78, 5) is 16.1. The normalized spacial score (nSPS) is 10.7. The molecule has 2 aromatic carbocycles. The van der Waals surface area contributed by atoms with Gasteiger partial charge in [0, 0.05) is 19.4 Å². The summed E-state index contributed by atoms with van der Waals surface area (Å²) in [6.07, 6.45) is 0.891. The van der Waals surface area contributed by atoms with Crippen molar-refractivity contribution in [2.75, 3.05) is 6.61 Å². The van der Waals surface area contributed by atoms with Gasteiger partial charge in [0.2, 0.25) is 0 Å². The van der Waals surface area contributed by atoms with Gasteiger partial charge in [-0.05, 0) is 30.7 Å². The number of ether oxygens (including phenoxy) is 2. The Bertz CT molecular complexity index is 795. The fraction of sp³-hybridized carbons (Fsp3) is 0.222. The topological polar surface area (TPSA) is 61.6 Å². The van der Waals surface area contributed by atoms with E-state index in [2.05, 4.69) is 4.98 Å². The molecule has 1 heterocycles. The standard InChI is InChI=1S/C18H17NO4/c1-13-19-16-12-15(9-10-17(16)22-13)23-18(20)8-5-11-21-14-6-3-2-4-7-14/h2-4,6-7,9-10,12H,5,8,11H2,1H3. The molecule has 118 valence electrons. The molecular weight excluding hydrogens is 294 g/mol. The van der Waals surface area contributed by atoms with Crippen LogP contribution in [-0.2, 0) is 4.79 Å². The molecule has 0 unspecified atom stereocenters. The van der Waals surface area contributed by atoms with Gasteiger partial charge < -0.3 is 13.9 Å². The zero-order valence-electron chi connectivity index (χ0n) is 12.8. The van der Waals surface area contributed by atoms with Crippen molar-refractivity contribution in [1.29, 1.82) is 0 Å². The van der Waals surface area contributed by atoms with Crippen LogP contribution in [0.2, 0.25) is 0 Å². The van der Waals surface area contributed by atoms with Crippen LogP contribution in [0.3, 0.4) is 0 Å². The second kappa shape index (κ2) is 6.96. The summed E-state index contributed by atoms with van der Waals surface area (Å²) in [5, 5.41) is 0. The predicted molar refractivity (Wildman–Crippen MR) is 85.6 cm³/mol. The molecule has 0 aliphatic carbocycles. The highest BCUT2D eigenvalue weighted by Crippen LogP contribution is 2.21. The third-order valence-electron chi connectivity index (χ3n) is 3.23. The Hall–Kier alpha value is -2.82. The minimum atomic E-state index is -0.291. The third-order valence-corrected chi connectivity index (χ3v) is 3.23. The lowest BCUT2D eigenvalue weighted by molar-refractivity contribution is -0.134. The summed E-state index contributed by atoms with van der Waals surface area (Å²) in [5.74, 6) is 1.57. The first kappa shape index (κ1) is 15.1. The number of fused-ring (bicyclic) bond motifs is 1. The predicted octanol–water partition coefficient (Wildman–Crippen LogP) is 3.90. The minimum absolute atomic E-state index is 0.291. The molecule has 0 bridgehead atoms. The number of nitrogens with zero attached hydrogens (tertiary/aromatic N) is 1. The highest BCUT2D eigenvalue weighted by Gasteiger charge is 2.08. The number of aryl methyl sites for hydroxylation is 1. The second-order valence-corrected chi connectivity index (χ2v) is 5.10. The molecule has 0 N–H and O–H groups in total. The average molecular weight is 311 g/mol. The van der Waals surface area contributed by atoms with Gasteiger partial charge in [-0.15, -0.1) is 0 Å². The van der Waals surface area contributed by atoms with Crippen LogP contribution in [-0.4, -0.2) is 17.6 Å². The molecule has 5 heteroatoms. The van der Waals surface area contributed by atoms with Gasteiger partial charge in [0.05, 0.1) is 6.61 Å². The quantitative estimate of drug-likeness (QED) is 0.392. The monoisotopic (exact) mass is 311 g/mol. The zero-order valence-corrected chi connectivity index (χ0v) is 12.8. The Labute approximate surface area is 133 Å². The summed E-state index contributed by atoms with van der Waals surface area (Å²) in [5.41, 5.74) is 1.36. The maximum absolute atomic E-state index is 11.8. The smallest absolute Gasteiger partial charge is 0.311 e.